The van der Waals surface area contributed by atoms with Crippen molar-refractivity contribution in [3.8, 4) is 17.2 Å². The van der Waals surface area contributed by atoms with Crippen LogP contribution in [0.1, 0.15) is 0 Å². The lowest BCUT2D eigenvalue weighted by Gasteiger charge is -2.12. The van der Waals surface area contributed by atoms with Crippen LogP contribution in [0.5, 0.6) is 17.2 Å². The van der Waals surface area contributed by atoms with Gasteiger partial charge in [0.15, 0.2) is 11.5 Å². The molecular formula is C9H10ClO3. The van der Waals surface area contributed by atoms with Gasteiger partial charge in [0.2, 0.25) is 5.75 Å². The highest BCUT2D eigenvalue weighted by atomic mass is 35.5. The summed E-state index contributed by atoms with van der Waals surface area (Å²) in [5.74, 6) is 1.46. The van der Waals surface area contributed by atoms with E-state index in [0.29, 0.717) is 22.3 Å². The van der Waals surface area contributed by atoms with E-state index in [0.717, 1.165) is 0 Å². The number of hydrogen-bond acceptors (Lipinski definition) is 3. The minimum atomic E-state index is 0.375. The van der Waals surface area contributed by atoms with Crippen molar-refractivity contribution >= 4 is 11.6 Å². The van der Waals surface area contributed by atoms with Gasteiger partial charge in [-0.25, -0.2) is 0 Å². The monoisotopic (exact) mass is 201 g/mol. The Bertz CT molecular complexity index is 299. The van der Waals surface area contributed by atoms with Crippen LogP contribution in [0.25, 0.3) is 0 Å². The molecule has 0 bridgehead atoms. The Kier molecular flexibility index (Phi) is 3.25. The van der Waals surface area contributed by atoms with Crippen LogP contribution in [-0.4, -0.2) is 21.3 Å². The summed E-state index contributed by atoms with van der Waals surface area (Å²) < 4.78 is 15.2. The van der Waals surface area contributed by atoms with E-state index in [1.54, 1.807) is 13.2 Å². The minimum absolute atomic E-state index is 0.375. The predicted octanol–water partition coefficient (Wildman–Crippen LogP) is 2.17. The summed E-state index contributed by atoms with van der Waals surface area (Å²) in [7, 11) is 4.58. The summed E-state index contributed by atoms with van der Waals surface area (Å²) >= 11 is 5.82. The third-order valence-corrected chi connectivity index (χ3v) is 1.87. The zero-order valence-corrected chi connectivity index (χ0v) is 8.44. The van der Waals surface area contributed by atoms with Gasteiger partial charge < -0.3 is 14.2 Å². The molecule has 1 rings (SSSR count). The number of hydrogen-bond donors (Lipinski definition) is 0. The van der Waals surface area contributed by atoms with Crippen molar-refractivity contribution in [1.29, 1.82) is 0 Å². The van der Waals surface area contributed by atoms with Gasteiger partial charge in [-0.1, -0.05) is 11.6 Å². The van der Waals surface area contributed by atoms with Crippen LogP contribution >= 0.6 is 11.6 Å². The van der Waals surface area contributed by atoms with Crippen molar-refractivity contribution in [1.82, 2.24) is 0 Å². The third-order valence-electron chi connectivity index (χ3n) is 1.59. The third kappa shape index (κ3) is 1.80. The van der Waals surface area contributed by atoms with Crippen molar-refractivity contribution < 1.29 is 14.2 Å². The van der Waals surface area contributed by atoms with Crippen LogP contribution < -0.4 is 14.2 Å². The van der Waals surface area contributed by atoms with E-state index >= 15 is 0 Å². The lowest BCUT2D eigenvalue weighted by Crippen LogP contribution is -1.95. The number of ether oxygens (including phenoxy) is 3. The van der Waals surface area contributed by atoms with Crippen LogP contribution in [0.4, 0.5) is 0 Å². The van der Waals surface area contributed by atoms with Crippen LogP contribution in [-0.2, 0) is 0 Å². The Morgan fingerprint density at radius 3 is 2.15 bits per heavy atom. The quantitative estimate of drug-likeness (QED) is 0.750. The predicted molar refractivity (Wildman–Crippen MR) is 49.9 cm³/mol. The lowest BCUT2D eigenvalue weighted by molar-refractivity contribution is 0.324. The highest BCUT2D eigenvalue weighted by Gasteiger charge is 2.14. The minimum Gasteiger partial charge on any atom is -0.493 e. The Balaban J connectivity index is 3.27. The van der Waals surface area contributed by atoms with E-state index in [-0.39, 0.29) is 0 Å². The Labute approximate surface area is 82.2 Å². The highest BCUT2D eigenvalue weighted by molar-refractivity contribution is 6.32. The molecule has 0 aliphatic rings. The highest BCUT2D eigenvalue weighted by Crippen LogP contribution is 2.41. The maximum atomic E-state index is 5.82. The second-order valence-corrected chi connectivity index (χ2v) is 2.62. The normalized spacial score (nSPS) is 9.54. The first-order valence-corrected chi connectivity index (χ1v) is 3.98. The Hall–Kier alpha value is -1.09. The van der Waals surface area contributed by atoms with Gasteiger partial charge in [0, 0.05) is 6.07 Å². The molecule has 1 aromatic rings. The molecule has 0 fully saturated rings. The maximum Gasteiger partial charge on any atom is 0.204 e. The van der Waals surface area contributed by atoms with Gasteiger partial charge in [-0.15, -0.1) is 0 Å². The molecule has 1 aromatic carbocycles. The van der Waals surface area contributed by atoms with E-state index in [4.69, 9.17) is 25.8 Å². The Morgan fingerprint density at radius 1 is 1.08 bits per heavy atom. The average Bonchev–Trinajstić information content (AvgIpc) is 2.17. The van der Waals surface area contributed by atoms with Gasteiger partial charge in [-0.2, -0.15) is 0 Å². The first-order valence-electron chi connectivity index (χ1n) is 3.60. The van der Waals surface area contributed by atoms with Crippen molar-refractivity contribution in [3.63, 3.8) is 0 Å². The van der Waals surface area contributed by atoms with Crippen molar-refractivity contribution in [2.45, 2.75) is 0 Å². The molecule has 0 unspecified atom stereocenters. The number of rotatable bonds is 3. The summed E-state index contributed by atoms with van der Waals surface area (Å²) in [5, 5.41) is 0.375. The zero-order valence-electron chi connectivity index (χ0n) is 7.68. The van der Waals surface area contributed by atoms with Crippen molar-refractivity contribution in [2.75, 3.05) is 21.3 Å². The standard InChI is InChI=1S/C9H10ClO3/c1-11-7-5-4-6(10)8(12-2)9(7)13-3/h5H,1-3H3. The van der Waals surface area contributed by atoms with Crippen LogP contribution in [0.15, 0.2) is 6.07 Å². The maximum absolute atomic E-state index is 5.82. The second-order valence-electron chi connectivity index (χ2n) is 2.24. The number of halogens is 1. The Morgan fingerprint density at radius 2 is 1.69 bits per heavy atom. The molecule has 0 heterocycles. The van der Waals surface area contributed by atoms with Gasteiger partial charge in [0.25, 0.3) is 0 Å². The number of benzene rings is 1. The van der Waals surface area contributed by atoms with Crippen molar-refractivity contribution in [3.05, 3.63) is 17.2 Å². The molecule has 1 radical (unpaired) electrons. The fourth-order valence-electron chi connectivity index (χ4n) is 0.999. The van der Waals surface area contributed by atoms with Crippen LogP contribution in [0, 0.1) is 6.07 Å². The summed E-state index contributed by atoms with van der Waals surface area (Å²) in [6, 6.07) is 4.38. The summed E-state index contributed by atoms with van der Waals surface area (Å²) in [4.78, 5) is 0. The van der Waals surface area contributed by atoms with Gasteiger partial charge >= 0.3 is 0 Å². The SMILES string of the molecule is COc1c[c]c(Cl)c(OC)c1OC. The van der Waals surface area contributed by atoms with E-state index < -0.39 is 0 Å². The molecule has 0 aliphatic heterocycles. The van der Waals surface area contributed by atoms with E-state index in [9.17, 15) is 0 Å². The summed E-state index contributed by atoms with van der Waals surface area (Å²) in [5.41, 5.74) is 0. The first kappa shape index (κ1) is 9.99. The second kappa shape index (κ2) is 4.23. The van der Waals surface area contributed by atoms with Gasteiger partial charge in [-0.05, 0) is 6.07 Å². The summed E-state index contributed by atoms with van der Waals surface area (Å²) in [6.07, 6.45) is 0. The van der Waals surface area contributed by atoms with Gasteiger partial charge in [0.1, 0.15) is 0 Å². The lowest BCUT2D eigenvalue weighted by atomic mass is 10.3. The van der Waals surface area contributed by atoms with E-state index in [1.807, 2.05) is 0 Å². The molecule has 0 N–H and O–H groups in total. The zero-order chi connectivity index (χ0) is 9.84. The molecule has 4 heteroatoms. The molecule has 0 saturated heterocycles. The first-order chi connectivity index (χ1) is 6.24. The molecule has 0 saturated carbocycles. The average molecular weight is 202 g/mol. The van der Waals surface area contributed by atoms with Gasteiger partial charge in [0.05, 0.1) is 26.4 Å². The molecule has 0 aromatic heterocycles. The molecule has 13 heavy (non-hydrogen) atoms. The fraction of sp³-hybridized carbons (Fsp3) is 0.333. The largest absolute Gasteiger partial charge is 0.493 e. The molecule has 0 aliphatic carbocycles. The van der Waals surface area contributed by atoms with Gasteiger partial charge in [-0.3, -0.25) is 0 Å². The van der Waals surface area contributed by atoms with Crippen LogP contribution in [0.3, 0.4) is 0 Å². The van der Waals surface area contributed by atoms with Crippen molar-refractivity contribution in [2.24, 2.45) is 0 Å². The summed E-state index contributed by atoms with van der Waals surface area (Å²) in [6.45, 7) is 0. The van der Waals surface area contributed by atoms with Crippen LogP contribution in [0.2, 0.25) is 5.02 Å². The molecule has 3 nitrogen and oxygen atoms in total. The molecular weight excluding hydrogens is 192 g/mol. The topological polar surface area (TPSA) is 27.7 Å². The number of methoxy groups -OCH3 is 3. The fourth-order valence-corrected chi connectivity index (χ4v) is 1.22. The molecule has 0 amide bonds. The van der Waals surface area contributed by atoms with E-state index in [1.165, 1.54) is 14.2 Å². The molecule has 0 spiro atoms. The molecule has 0 atom stereocenters. The smallest absolute Gasteiger partial charge is 0.204 e. The molecule has 71 valence electrons. The van der Waals surface area contributed by atoms with E-state index in [2.05, 4.69) is 6.07 Å².